The van der Waals surface area contributed by atoms with Gasteiger partial charge in [-0.2, -0.15) is 17.0 Å². The van der Waals surface area contributed by atoms with Crippen LogP contribution in [0, 0.1) is 6.92 Å². The predicted octanol–water partition coefficient (Wildman–Crippen LogP) is 3.10. The normalized spacial score (nSPS) is 17.4. The Morgan fingerprint density at radius 3 is 2.08 bits per heavy atom. The van der Waals surface area contributed by atoms with Crippen LogP contribution >= 0.6 is 0 Å². The molecular weight excluding hydrogens is 558 g/mol. The Labute approximate surface area is 237 Å². The number of hydrogen-bond acceptors (Lipinski definition) is 8. The van der Waals surface area contributed by atoms with Crippen LogP contribution in [0.15, 0.2) is 53.4 Å². The van der Waals surface area contributed by atoms with Gasteiger partial charge in [-0.25, -0.2) is 13.2 Å². The summed E-state index contributed by atoms with van der Waals surface area (Å²) < 4.78 is 64.0. The first-order chi connectivity index (χ1) is 18.4. The van der Waals surface area contributed by atoms with Crippen molar-refractivity contribution < 1.29 is 35.3 Å². The molecule has 0 unspecified atom stereocenters. The van der Waals surface area contributed by atoms with Gasteiger partial charge in [-0.05, 0) is 83.9 Å². The molecule has 3 rings (SSSR count). The van der Waals surface area contributed by atoms with Crippen molar-refractivity contribution >= 4 is 37.9 Å². The number of sulfonamides is 1. The Balaban J connectivity index is 2.00. The lowest BCUT2D eigenvalue weighted by molar-refractivity contribution is -0.157. The van der Waals surface area contributed by atoms with Crippen molar-refractivity contribution in [2.24, 2.45) is 0 Å². The molecule has 0 aliphatic carbocycles. The summed E-state index contributed by atoms with van der Waals surface area (Å²) in [6.45, 7) is 8.60. The second-order valence-electron chi connectivity index (χ2n) is 10.8. The third kappa shape index (κ3) is 7.19. The van der Waals surface area contributed by atoms with Crippen molar-refractivity contribution in [1.29, 1.82) is 0 Å². The minimum Gasteiger partial charge on any atom is -0.458 e. The van der Waals surface area contributed by atoms with Crippen molar-refractivity contribution in [2.75, 3.05) is 25.5 Å². The van der Waals surface area contributed by atoms with Gasteiger partial charge in [-0.15, -0.1) is 0 Å². The summed E-state index contributed by atoms with van der Waals surface area (Å²) in [7, 11) is -5.36. The lowest BCUT2D eigenvalue weighted by Crippen LogP contribution is -2.53. The number of amides is 1. The first-order valence-electron chi connectivity index (χ1n) is 12.8. The summed E-state index contributed by atoms with van der Waals surface area (Å²) in [5, 5.41) is 0. The van der Waals surface area contributed by atoms with E-state index < -0.39 is 49.9 Å². The molecule has 220 valence electrons. The third-order valence-electron chi connectivity index (χ3n) is 6.25. The zero-order valence-electron chi connectivity index (χ0n) is 23.8. The molecular formula is C27H37N3O8S2. The highest BCUT2D eigenvalue weighted by molar-refractivity contribution is 7.89. The van der Waals surface area contributed by atoms with E-state index >= 15 is 0 Å². The molecule has 1 aliphatic rings. The Morgan fingerprint density at radius 2 is 1.55 bits per heavy atom. The van der Waals surface area contributed by atoms with Crippen molar-refractivity contribution in [3.63, 3.8) is 0 Å². The van der Waals surface area contributed by atoms with Crippen LogP contribution in [-0.4, -0.2) is 75.6 Å². The molecule has 13 heteroatoms. The van der Waals surface area contributed by atoms with Gasteiger partial charge in [-0.3, -0.25) is 9.69 Å². The van der Waals surface area contributed by atoms with Crippen molar-refractivity contribution in [1.82, 2.24) is 8.61 Å². The second kappa shape index (κ2) is 11.9. The fraction of sp³-hybridized carbons (Fsp3) is 0.481. The number of carbonyl (C=O) groups is 2. The second-order valence-corrected chi connectivity index (χ2v) is 14.5. The monoisotopic (exact) mass is 595 g/mol. The zero-order chi connectivity index (χ0) is 30.0. The van der Waals surface area contributed by atoms with Gasteiger partial charge in [0.2, 0.25) is 15.9 Å². The zero-order valence-corrected chi connectivity index (χ0v) is 25.5. The number of esters is 1. The van der Waals surface area contributed by atoms with E-state index in [4.69, 9.17) is 8.92 Å². The highest BCUT2D eigenvalue weighted by atomic mass is 32.2. The predicted molar refractivity (Wildman–Crippen MR) is 151 cm³/mol. The molecule has 2 aromatic carbocycles. The molecule has 0 bridgehead atoms. The quantitative estimate of drug-likeness (QED) is 0.404. The first-order valence-corrected chi connectivity index (χ1v) is 15.6. The van der Waals surface area contributed by atoms with Crippen LogP contribution in [0.25, 0.3) is 0 Å². The average Bonchev–Trinajstić information content (AvgIpc) is 3.35. The molecule has 0 spiro atoms. The molecule has 0 radical (unpaired) electrons. The van der Waals surface area contributed by atoms with E-state index in [0.29, 0.717) is 6.42 Å². The van der Waals surface area contributed by atoms with E-state index in [9.17, 15) is 26.4 Å². The number of aryl methyl sites for hydroxylation is 1. The molecule has 1 amide bonds. The molecule has 1 heterocycles. The maximum Gasteiger partial charge on any atom is 0.384 e. The first kappa shape index (κ1) is 31.5. The number of carbonyl (C=O) groups excluding carboxylic acids is 2. The van der Waals surface area contributed by atoms with Crippen LogP contribution in [0.4, 0.5) is 5.69 Å². The number of benzene rings is 2. The number of anilines is 1. The van der Waals surface area contributed by atoms with Gasteiger partial charge >= 0.3 is 16.3 Å². The SMILES string of the molecule is Cc1ccc(S(=O)(=O)N2CCC[C@H]2C(=O)N(c2ccc(OS(=O)(=O)N(C)C)cc2)[C@@H](C)C(=O)OC(C)(C)C)cc1. The van der Waals surface area contributed by atoms with E-state index in [2.05, 4.69) is 0 Å². The van der Waals surface area contributed by atoms with Gasteiger partial charge in [0.1, 0.15) is 23.4 Å². The summed E-state index contributed by atoms with van der Waals surface area (Å²) >= 11 is 0. The Bertz CT molecular complexity index is 1430. The smallest absolute Gasteiger partial charge is 0.384 e. The van der Waals surface area contributed by atoms with Gasteiger partial charge in [0.15, 0.2) is 0 Å². The fourth-order valence-corrected chi connectivity index (χ4v) is 6.33. The Morgan fingerprint density at radius 1 is 0.975 bits per heavy atom. The minimum absolute atomic E-state index is 0.000730. The van der Waals surface area contributed by atoms with Gasteiger partial charge in [0, 0.05) is 26.3 Å². The van der Waals surface area contributed by atoms with Crippen molar-refractivity contribution in [3.05, 3.63) is 54.1 Å². The van der Waals surface area contributed by atoms with E-state index in [1.165, 1.54) is 66.6 Å². The van der Waals surface area contributed by atoms with Gasteiger partial charge in [-0.1, -0.05) is 17.7 Å². The largest absolute Gasteiger partial charge is 0.458 e. The van der Waals surface area contributed by atoms with E-state index in [1.54, 1.807) is 32.9 Å². The maximum atomic E-state index is 14.1. The highest BCUT2D eigenvalue weighted by Gasteiger charge is 2.44. The Hall–Kier alpha value is -3.00. The van der Waals surface area contributed by atoms with E-state index in [-0.39, 0.29) is 29.3 Å². The van der Waals surface area contributed by atoms with Crippen LogP contribution in [-0.2, 0) is 34.7 Å². The van der Waals surface area contributed by atoms with Crippen LogP contribution < -0.4 is 9.08 Å². The van der Waals surface area contributed by atoms with Gasteiger partial charge in [0.05, 0.1) is 4.90 Å². The molecule has 2 atom stereocenters. The molecule has 1 fully saturated rings. The molecule has 0 saturated carbocycles. The summed E-state index contributed by atoms with van der Waals surface area (Å²) in [5.74, 6) is -1.28. The highest BCUT2D eigenvalue weighted by Crippen LogP contribution is 2.31. The molecule has 0 N–H and O–H groups in total. The summed E-state index contributed by atoms with van der Waals surface area (Å²) in [6.07, 6.45) is 0.731. The summed E-state index contributed by atoms with van der Waals surface area (Å²) in [5.41, 5.74) is 0.320. The molecule has 0 aromatic heterocycles. The molecule has 40 heavy (non-hydrogen) atoms. The molecule has 2 aromatic rings. The molecule has 1 saturated heterocycles. The van der Waals surface area contributed by atoms with E-state index in [1.807, 2.05) is 6.92 Å². The van der Waals surface area contributed by atoms with Crippen LogP contribution in [0.2, 0.25) is 0 Å². The van der Waals surface area contributed by atoms with Crippen LogP contribution in [0.1, 0.15) is 46.1 Å². The topological polar surface area (TPSA) is 131 Å². The number of hydrogen-bond donors (Lipinski definition) is 0. The molecule has 11 nitrogen and oxygen atoms in total. The lowest BCUT2D eigenvalue weighted by atomic mass is 10.1. The lowest BCUT2D eigenvalue weighted by Gasteiger charge is -2.34. The van der Waals surface area contributed by atoms with Crippen LogP contribution in [0.5, 0.6) is 5.75 Å². The Kier molecular flexibility index (Phi) is 9.34. The third-order valence-corrected chi connectivity index (χ3v) is 9.47. The van der Waals surface area contributed by atoms with Crippen molar-refractivity contribution in [3.8, 4) is 5.75 Å². The van der Waals surface area contributed by atoms with Crippen molar-refractivity contribution in [2.45, 2.75) is 70.0 Å². The van der Waals surface area contributed by atoms with Crippen LogP contribution in [0.3, 0.4) is 0 Å². The summed E-state index contributed by atoms with van der Waals surface area (Å²) in [6, 6.07) is 9.81. The fourth-order valence-electron chi connectivity index (χ4n) is 4.17. The molecule has 1 aliphatic heterocycles. The number of nitrogens with zero attached hydrogens (tertiary/aromatic N) is 3. The van der Waals surface area contributed by atoms with Gasteiger partial charge in [0.25, 0.3) is 0 Å². The number of ether oxygens (including phenoxy) is 1. The average molecular weight is 596 g/mol. The van der Waals surface area contributed by atoms with Gasteiger partial charge < -0.3 is 8.92 Å². The number of rotatable bonds is 9. The summed E-state index contributed by atoms with van der Waals surface area (Å²) in [4.78, 5) is 28.5. The minimum atomic E-state index is -4.01. The van der Waals surface area contributed by atoms with E-state index in [0.717, 1.165) is 9.87 Å². The maximum absolute atomic E-state index is 14.1. The standard InChI is InChI=1S/C27H37N3O8S2/c1-19-10-16-23(17-11-19)39(33,34)29-18-8-9-24(29)25(31)30(20(2)26(32)37-27(3,4)5)21-12-14-22(15-13-21)38-40(35,36)28(6)7/h10-17,20,24H,8-9,18H2,1-7H3/t20-,24-/m0/s1.